The van der Waals surface area contributed by atoms with E-state index in [1.807, 2.05) is 19.1 Å². The third-order valence-corrected chi connectivity index (χ3v) is 1.97. The topological polar surface area (TPSA) is 49.8 Å². The second kappa shape index (κ2) is 3.57. The van der Waals surface area contributed by atoms with Crippen LogP contribution in [0.2, 0.25) is 5.02 Å². The van der Waals surface area contributed by atoms with Gasteiger partial charge in [-0.05, 0) is 24.6 Å². The first kappa shape index (κ1) is 9.05. The Morgan fingerprint density at radius 3 is 2.75 bits per heavy atom. The van der Waals surface area contributed by atoms with Crippen molar-refractivity contribution in [1.29, 1.82) is 5.26 Å². The molecule has 2 N–H and O–H groups in total. The minimum atomic E-state index is -0.0608. The molecule has 0 unspecified atom stereocenters. The summed E-state index contributed by atoms with van der Waals surface area (Å²) in [6, 6.07) is 7.18. The van der Waals surface area contributed by atoms with E-state index in [0.717, 1.165) is 5.56 Å². The maximum Gasteiger partial charge on any atom is 0.101 e. The monoisotopic (exact) mass is 180 g/mol. The Morgan fingerprint density at radius 2 is 2.25 bits per heavy atom. The lowest BCUT2D eigenvalue weighted by atomic mass is 10.1. The summed E-state index contributed by atoms with van der Waals surface area (Å²) in [7, 11) is 0. The van der Waals surface area contributed by atoms with E-state index < -0.39 is 0 Å². The molecule has 1 aromatic carbocycles. The molecule has 0 spiro atoms. The largest absolute Gasteiger partial charge is 0.324 e. The third kappa shape index (κ3) is 1.76. The molecular weight excluding hydrogens is 172 g/mol. The molecule has 0 aliphatic carbocycles. The van der Waals surface area contributed by atoms with Crippen LogP contribution in [0.4, 0.5) is 0 Å². The maximum absolute atomic E-state index is 8.65. The molecule has 1 rings (SSSR count). The molecule has 3 heteroatoms. The van der Waals surface area contributed by atoms with Gasteiger partial charge in [0.2, 0.25) is 0 Å². The number of nitriles is 1. The zero-order valence-corrected chi connectivity index (χ0v) is 7.47. The van der Waals surface area contributed by atoms with Crippen molar-refractivity contribution >= 4 is 11.6 Å². The van der Waals surface area contributed by atoms with Crippen molar-refractivity contribution in [3.05, 3.63) is 34.3 Å². The van der Waals surface area contributed by atoms with Gasteiger partial charge < -0.3 is 5.73 Å². The van der Waals surface area contributed by atoms with E-state index in [4.69, 9.17) is 22.6 Å². The first-order valence-corrected chi connectivity index (χ1v) is 3.98. The van der Waals surface area contributed by atoms with E-state index in [0.29, 0.717) is 10.6 Å². The molecule has 0 heterocycles. The van der Waals surface area contributed by atoms with Gasteiger partial charge in [-0.3, -0.25) is 0 Å². The number of halogens is 1. The number of rotatable bonds is 1. The van der Waals surface area contributed by atoms with E-state index in [2.05, 4.69) is 0 Å². The minimum absolute atomic E-state index is 0.0608. The second-order valence-electron chi connectivity index (χ2n) is 2.64. The van der Waals surface area contributed by atoms with Gasteiger partial charge in [-0.25, -0.2) is 0 Å². The SMILES string of the molecule is C[C@H](N)c1ccc(Cl)c(C#N)c1. The van der Waals surface area contributed by atoms with Gasteiger partial charge in [0, 0.05) is 6.04 Å². The Labute approximate surface area is 76.6 Å². The zero-order chi connectivity index (χ0) is 9.14. The maximum atomic E-state index is 8.65. The third-order valence-electron chi connectivity index (χ3n) is 1.64. The Kier molecular flexibility index (Phi) is 2.69. The molecule has 0 aliphatic rings. The summed E-state index contributed by atoms with van der Waals surface area (Å²) in [6.07, 6.45) is 0. The minimum Gasteiger partial charge on any atom is -0.324 e. The molecule has 12 heavy (non-hydrogen) atoms. The van der Waals surface area contributed by atoms with Crippen LogP contribution in [0.5, 0.6) is 0 Å². The van der Waals surface area contributed by atoms with E-state index in [-0.39, 0.29) is 6.04 Å². The summed E-state index contributed by atoms with van der Waals surface area (Å²) in [5, 5.41) is 9.12. The van der Waals surface area contributed by atoms with Crippen LogP contribution in [-0.4, -0.2) is 0 Å². The van der Waals surface area contributed by atoms with Crippen LogP contribution in [0, 0.1) is 11.3 Å². The predicted octanol–water partition coefficient (Wildman–Crippen LogP) is 2.23. The summed E-state index contributed by atoms with van der Waals surface area (Å²) < 4.78 is 0. The molecule has 1 atom stereocenters. The lowest BCUT2D eigenvalue weighted by Crippen LogP contribution is -2.04. The van der Waals surface area contributed by atoms with Crippen molar-refractivity contribution in [3.8, 4) is 6.07 Å². The normalized spacial score (nSPS) is 12.2. The van der Waals surface area contributed by atoms with Crippen molar-refractivity contribution in [2.45, 2.75) is 13.0 Å². The van der Waals surface area contributed by atoms with E-state index in [9.17, 15) is 0 Å². The van der Waals surface area contributed by atoms with Crippen LogP contribution in [0.1, 0.15) is 24.1 Å². The second-order valence-corrected chi connectivity index (χ2v) is 3.05. The number of hydrogen-bond acceptors (Lipinski definition) is 2. The highest BCUT2D eigenvalue weighted by Crippen LogP contribution is 2.19. The Hall–Kier alpha value is -1.04. The number of benzene rings is 1. The van der Waals surface area contributed by atoms with Gasteiger partial charge in [-0.1, -0.05) is 17.7 Å². The molecule has 0 radical (unpaired) electrons. The Bertz CT molecular complexity index is 326. The van der Waals surface area contributed by atoms with Crippen molar-refractivity contribution in [3.63, 3.8) is 0 Å². The lowest BCUT2D eigenvalue weighted by Gasteiger charge is -2.05. The molecule has 0 fully saturated rings. The number of nitrogens with two attached hydrogens (primary N) is 1. The van der Waals surface area contributed by atoms with Gasteiger partial charge in [-0.15, -0.1) is 0 Å². The number of hydrogen-bond donors (Lipinski definition) is 1. The van der Waals surface area contributed by atoms with Crippen LogP contribution in [-0.2, 0) is 0 Å². The molecule has 0 aliphatic heterocycles. The van der Waals surface area contributed by atoms with Crippen LogP contribution in [0.15, 0.2) is 18.2 Å². The highest BCUT2D eigenvalue weighted by molar-refractivity contribution is 6.31. The average Bonchev–Trinajstić information content (AvgIpc) is 2.05. The van der Waals surface area contributed by atoms with Crippen LogP contribution < -0.4 is 5.73 Å². The first-order valence-electron chi connectivity index (χ1n) is 3.60. The predicted molar refractivity (Wildman–Crippen MR) is 48.8 cm³/mol. The molecule has 0 bridgehead atoms. The molecule has 62 valence electrons. The highest BCUT2D eigenvalue weighted by atomic mass is 35.5. The van der Waals surface area contributed by atoms with Crippen molar-refractivity contribution < 1.29 is 0 Å². The zero-order valence-electron chi connectivity index (χ0n) is 6.71. The van der Waals surface area contributed by atoms with Crippen LogP contribution in [0.25, 0.3) is 0 Å². The number of nitrogens with zero attached hydrogens (tertiary/aromatic N) is 1. The van der Waals surface area contributed by atoms with Crippen LogP contribution in [0.3, 0.4) is 0 Å². The summed E-state index contributed by atoms with van der Waals surface area (Å²) >= 11 is 5.74. The first-order chi connectivity index (χ1) is 5.65. The summed E-state index contributed by atoms with van der Waals surface area (Å²) in [6.45, 7) is 1.87. The van der Waals surface area contributed by atoms with Crippen molar-refractivity contribution in [2.24, 2.45) is 5.73 Å². The molecule has 0 aromatic heterocycles. The summed E-state index contributed by atoms with van der Waals surface area (Å²) in [5.74, 6) is 0. The van der Waals surface area contributed by atoms with Gasteiger partial charge in [0.25, 0.3) is 0 Å². The fourth-order valence-electron chi connectivity index (χ4n) is 0.912. The van der Waals surface area contributed by atoms with E-state index in [1.165, 1.54) is 0 Å². The summed E-state index contributed by atoms with van der Waals surface area (Å²) in [4.78, 5) is 0. The van der Waals surface area contributed by atoms with E-state index in [1.54, 1.807) is 12.1 Å². The van der Waals surface area contributed by atoms with Gasteiger partial charge in [-0.2, -0.15) is 5.26 Å². The van der Waals surface area contributed by atoms with Gasteiger partial charge in [0.05, 0.1) is 10.6 Å². The molecule has 0 saturated carbocycles. The molecule has 2 nitrogen and oxygen atoms in total. The van der Waals surface area contributed by atoms with Gasteiger partial charge in [0.1, 0.15) is 6.07 Å². The standard InChI is InChI=1S/C9H9ClN2/c1-6(12)7-2-3-9(10)8(4-7)5-11/h2-4,6H,12H2,1H3/t6-/m0/s1. The van der Waals surface area contributed by atoms with Crippen molar-refractivity contribution in [1.82, 2.24) is 0 Å². The molecule has 0 saturated heterocycles. The Balaban J connectivity index is 3.16. The van der Waals surface area contributed by atoms with Crippen molar-refractivity contribution in [2.75, 3.05) is 0 Å². The molecular formula is C9H9ClN2. The molecule has 1 aromatic rings. The van der Waals surface area contributed by atoms with Gasteiger partial charge in [0.15, 0.2) is 0 Å². The lowest BCUT2D eigenvalue weighted by molar-refractivity contribution is 0.818. The Morgan fingerprint density at radius 1 is 1.58 bits per heavy atom. The fraction of sp³-hybridized carbons (Fsp3) is 0.222. The smallest absolute Gasteiger partial charge is 0.101 e. The highest BCUT2D eigenvalue weighted by Gasteiger charge is 2.03. The van der Waals surface area contributed by atoms with E-state index >= 15 is 0 Å². The fourth-order valence-corrected chi connectivity index (χ4v) is 1.07. The summed E-state index contributed by atoms with van der Waals surface area (Å²) in [5.41, 5.74) is 7.04. The molecule has 0 amide bonds. The van der Waals surface area contributed by atoms with Crippen LogP contribution >= 0.6 is 11.6 Å². The quantitative estimate of drug-likeness (QED) is 0.721. The van der Waals surface area contributed by atoms with Gasteiger partial charge >= 0.3 is 0 Å². The average molecular weight is 181 g/mol.